The van der Waals surface area contributed by atoms with Crippen molar-refractivity contribution in [3.8, 4) is 0 Å². The van der Waals surface area contributed by atoms with Gasteiger partial charge in [-0.15, -0.1) is 0 Å². The number of hydrogen-bond donors (Lipinski definition) is 4. The van der Waals surface area contributed by atoms with Crippen molar-refractivity contribution < 1.29 is 20.6 Å². The number of nitrogens with two attached hydrogens (primary N) is 1. The summed E-state index contributed by atoms with van der Waals surface area (Å²) < 4.78 is 0. The van der Waals surface area contributed by atoms with Gasteiger partial charge in [0.2, 0.25) is 0 Å². The van der Waals surface area contributed by atoms with Gasteiger partial charge < -0.3 is 20.6 Å². The van der Waals surface area contributed by atoms with Crippen LogP contribution in [-0.2, 0) is 6.54 Å². The quantitative estimate of drug-likeness (QED) is 0.582. The van der Waals surface area contributed by atoms with E-state index < -0.39 is 5.54 Å². The third-order valence-corrected chi connectivity index (χ3v) is 3.30. The second-order valence-electron chi connectivity index (χ2n) is 3.98. The van der Waals surface area contributed by atoms with E-state index in [9.17, 15) is 0 Å². The highest BCUT2D eigenvalue weighted by Crippen LogP contribution is 2.20. The second-order valence-corrected chi connectivity index (χ2v) is 4.82. The van der Waals surface area contributed by atoms with Crippen LogP contribution in [0, 0.1) is 0 Å². The summed E-state index contributed by atoms with van der Waals surface area (Å²) in [4.78, 5) is 0. The molecule has 0 aliphatic carbocycles. The number of rotatable bonds is 6. The third-order valence-electron chi connectivity index (χ3n) is 2.71. The third kappa shape index (κ3) is 3.81. The summed E-state index contributed by atoms with van der Waals surface area (Å²) >= 11 is 11.8. The van der Waals surface area contributed by atoms with Crippen LogP contribution in [0.5, 0.6) is 0 Å². The van der Waals surface area contributed by atoms with Crippen LogP contribution in [0.25, 0.3) is 0 Å². The first-order valence-corrected chi connectivity index (χ1v) is 5.93. The van der Waals surface area contributed by atoms with Gasteiger partial charge in [0.25, 0.3) is 0 Å². The summed E-state index contributed by atoms with van der Waals surface area (Å²) in [6.07, 6.45) is 0. The van der Waals surface area contributed by atoms with Crippen molar-refractivity contribution >= 4 is 23.2 Å². The van der Waals surface area contributed by atoms with Crippen molar-refractivity contribution in [1.29, 1.82) is 0 Å². The lowest BCUT2D eigenvalue weighted by molar-refractivity contribution is -0.746. The van der Waals surface area contributed by atoms with Crippen molar-refractivity contribution in [2.45, 2.75) is 12.1 Å². The minimum atomic E-state index is -0.983. The Morgan fingerprint density at radius 2 is 1.65 bits per heavy atom. The molecule has 0 unspecified atom stereocenters. The number of halogens is 2. The summed E-state index contributed by atoms with van der Waals surface area (Å²) in [5.41, 5.74) is -0.154. The maximum atomic E-state index is 9.16. The second kappa shape index (κ2) is 6.54. The van der Waals surface area contributed by atoms with Crippen molar-refractivity contribution in [2.24, 2.45) is 0 Å². The van der Waals surface area contributed by atoms with Gasteiger partial charge >= 0.3 is 0 Å². The Bertz CT molecular complexity index is 361. The molecule has 0 bridgehead atoms. The van der Waals surface area contributed by atoms with Crippen molar-refractivity contribution in [1.82, 2.24) is 0 Å². The van der Waals surface area contributed by atoms with Crippen molar-refractivity contribution in [3.63, 3.8) is 0 Å². The number of quaternary nitrogens is 1. The maximum Gasteiger partial charge on any atom is 0.166 e. The molecule has 1 aromatic carbocycles. The predicted octanol–water partition coefficient (Wildman–Crippen LogP) is -0.227. The molecule has 0 fully saturated rings. The monoisotopic (exact) mass is 280 g/mol. The molecule has 0 heterocycles. The van der Waals surface area contributed by atoms with Gasteiger partial charge in [-0.05, 0) is 12.1 Å². The predicted molar refractivity (Wildman–Crippen MR) is 66.1 cm³/mol. The molecule has 17 heavy (non-hydrogen) atoms. The number of benzene rings is 1. The summed E-state index contributed by atoms with van der Waals surface area (Å²) in [7, 11) is 0. The Labute approximate surface area is 110 Å². The first kappa shape index (κ1) is 14.7. The molecular formula is C11H16Cl2NO3+. The average molecular weight is 281 g/mol. The van der Waals surface area contributed by atoms with Gasteiger partial charge in [0.05, 0.1) is 5.02 Å². The SMILES string of the molecule is OCC(CO)(CO)[NH2+]Cc1ccc(Cl)cc1Cl. The number of aliphatic hydroxyl groups excluding tert-OH is 3. The van der Waals surface area contributed by atoms with E-state index in [4.69, 9.17) is 38.5 Å². The molecule has 0 aromatic heterocycles. The molecule has 96 valence electrons. The van der Waals surface area contributed by atoms with Crippen LogP contribution in [0.3, 0.4) is 0 Å². The van der Waals surface area contributed by atoms with Crippen molar-refractivity contribution in [3.05, 3.63) is 33.8 Å². The Kier molecular flexibility index (Phi) is 5.66. The van der Waals surface area contributed by atoms with Gasteiger partial charge in [0, 0.05) is 10.6 Å². The zero-order chi connectivity index (χ0) is 12.9. The van der Waals surface area contributed by atoms with Gasteiger partial charge in [-0.3, -0.25) is 0 Å². The topological polar surface area (TPSA) is 77.3 Å². The molecule has 0 atom stereocenters. The zero-order valence-electron chi connectivity index (χ0n) is 9.24. The molecule has 0 aliphatic heterocycles. The van der Waals surface area contributed by atoms with E-state index in [0.717, 1.165) is 5.56 Å². The molecule has 0 saturated carbocycles. The summed E-state index contributed by atoms with van der Waals surface area (Å²) in [5, 5.41) is 30.2. The molecule has 0 aliphatic rings. The lowest BCUT2D eigenvalue weighted by atomic mass is 10.0. The van der Waals surface area contributed by atoms with Crippen LogP contribution in [-0.4, -0.2) is 40.7 Å². The standard InChI is InChI=1S/C11H15Cl2NO3/c12-9-2-1-8(10(13)3-9)4-14-11(5-15,6-16)7-17/h1-3,14-17H,4-7H2/p+1. The minimum absolute atomic E-state index is 0.314. The summed E-state index contributed by atoms with van der Waals surface area (Å²) in [6, 6.07) is 5.12. The van der Waals surface area contributed by atoms with Crippen LogP contribution in [0.1, 0.15) is 5.56 Å². The van der Waals surface area contributed by atoms with Crippen LogP contribution in [0.15, 0.2) is 18.2 Å². The first-order chi connectivity index (χ1) is 8.06. The van der Waals surface area contributed by atoms with E-state index in [2.05, 4.69) is 0 Å². The van der Waals surface area contributed by atoms with Crippen LogP contribution >= 0.6 is 23.2 Å². The molecule has 0 radical (unpaired) electrons. The number of aliphatic hydroxyl groups is 3. The molecule has 0 amide bonds. The highest BCUT2D eigenvalue weighted by Gasteiger charge is 2.31. The fourth-order valence-corrected chi connectivity index (χ4v) is 1.84. The highest BCUT2D eigenvalue weighted by atomic mass is 35.5. The Morgan fingerprint density at radius 3 is 2.12 bits per heavy atom. The lowest BCUT2D eigenvalue weighted by Gasteiger charge is -2.25. The first-order valence-electron chi connectivity index (χ1n) is 5.18. The van der Waals surface area contributed by atoms with E-state index >= 15 is 0 Å². The Balaban J connectivity index is 2.72. The average Bonchev–Trinajstić information content (AvgIpc) is 2.33. The lowest BCUT2D eigenvalue weighted by Crippen LogP contribution is -2.99. The molecule has 4 nitrogen and oxygen atoms in total. The van der Waals surface area contributed by atoms with Gasteiger partial charge in [0.15, 0.2) is 5.54 Å². The molecule has 0 spiro atoms. The number of hydrogen-bond acceptors (Lipinski definition) is 3. The van der Waals surface area contributed by atoms with Gasteiger partial charge in [0.1, 0.15) is 26.4 Å². The fourth-order valence-electron chi connectivity index (χ4n) is 1.36. The summed E-state index contributed by atoms with van der Waals surface area (Å²) in [6.45, 7) is -0.501. The Hall–Kier alpha value is -0.360. The van der Waals surface area contributed by atoms with E-state index in [0.29, 0.717) is 16.6 Å². The van der Waals surface area contributed by atoms with E-state index in [1.165, 1.54) is 0 Å². The molecule has 1 rings (SSSR count). The van der Waals surface area contributed by atoms with Crippen LogP contribution in [0.4, 0.5) is 0 Å². The maximum absolute atomic E-state index is 9.16. The fraction of sp³-hybridized carbons (Fsp3) is 0.455. The minimum Gasteiger partial charge on any atom is -0.390 e. The van der Waals surface area contributed by atoms with Gasteiger partial charge in [-0.25, -0.2) is 0 Å². The molecular weight excluding hydrogens is 265 g/mol. The zero-order valence-corrected chi connectivity index (χ0v) is 10.7. The summed E-state index contributed by atoms with van der Waals surface area (Å²) in [5.74, 6) is 0. The van der Waals surface area contributed by atoms with E-state index in [1.807, 2.05) is 0 Å². The van der Waals surface area contributed by atoms with Crippen LogP contribution in [0.2, 0.25) is 10.0 Å². The highest BCUT2D eigenvalue weighted by molar-refractivity contribution is 6.35. The van der Waals surface area contributed by atoms with Gasteiger partial charge in [-0.2, -0.15) is 0 Å². The molecule has 1 aromatic rings. The van der Waals surface area contributed by atoms with Crippen LogP contribution < -0.4 is 5.32 Å². The normalized spacial score (nSPS) is 11.8. The van der Waals surface area contributed by atoms with E-state index in [-0.39, 0.29) is 19.8 Å². The molecule has 0 saturated heterocycles. The molecule has 6 heteroatoms. The molecule has 5 N–H and O–H groups in total. The Morgan fingerprint density at radius 1 is 1.06 bits per heavy atom. The van der Waals surface area contributed by atoms with E-state index in [1.54, 1.807) is 23.5 Å². The van der Waals surface area contributed by atoms with Crippen molar-refractivity contribution in [2.75, 3.05) is 19.8 Å². The largest absolute Gasteiger partial charge is 0.390 e. The van der Waals surface area contributed by atoms with Gasteiger partial charge in [-0.1, -0.05) is 29.3 Å². The smallest absolute Gasteiger partial charge is 0.166 e.